The summed E-state index contributed by atoms with van der Waals surface area (Å²) >= 11 is 1.81. The van der Waals surface area contributed by atoms with Crippen LogP contribution in [-0.4, -0.2) is 84.6 Å². The van der Waals surface area contributed by atoms with Crippen molar-refractivity contribution < 1.29 is 9.47 Å². The van der Waals surface area contributed by atoms with E-state index in [0.29, 0.717) is 6.61 Å². The molecule has 0 bridgehead atoms. The average Bonchev–Trinajstić information content (AvgIpc) is 3.46. The topological polar surface area (TPSA) is 67.2 Å². The van der Waals surface area contributed by atoms with Crippen LogP contribution in [0.25, 0.3) is 0 Å². The van der Waals surface area contributed by atoms with Crippen molar-refractivity contribution in [2.45, 2.75) is 19.1 Å². The summed E-state index contributed by atoms with van der Waals surface area (Å²) in [6.07, 6.45) is 3.94. The number of thiophene rings is 1. The first-order valence-corrected chi connectivity index (χ1v) is 11.6. The van der Waals surface area contributed by atoms with E-state index in [2.05, 4.69) is 44.7 Å². The largest absolute Gasteiger partial charge is 0.379 e. The summed E-state index contributed by atoms with van der Waals surface area (Å²) in [5, 5.41) is 9.94. The molecule has 0 radical (unpaired) electrons. The molecule has 2 aliphatic heterocycles. The maximum Gasteiger partial charge on any atom is 0.194 e. The Morgan fingerprint density at radius 1 is 1.33 bits per heavy atom. The van der Waals surface area contributed by atoms with Gasteiger partial charge in [-0.15, -0.1) is 11.3 Å². The number of ether oxygens (including phenoxy) is 2. The molecular formula is C21H32N6O2S. The average molecular weight is 433 g/mol. The molecule has 0 spiro atoms. The van der Waals surface area contributed by atoms with E-state index in [4.69, 9.17) is 14.5 Å². The molecule has 2 atom stereocenters. The standard InChI is InChI=1S/C21H32N6O2S/c1-3-22-21(27-8-11-29-19(16-27)17-13-24-25(2)15-17)23-14-18(20-5-4-12-30-20)26-6-9-28-10-7-26/h4-5,12-13,15,18-19H,3,6-11,14,16H2,1-2H3,(H,22,23). The molecule has 9 heteroatoms. The van der Waals surface area contributed by atoms with E-state index in [-0.39, 0.29) is 12.1 Å². The van der Waals surface area contributed by atoms with Crippen molar-refractivity contribution in [2.24, 2.45) is 12.0 Å². The van der Waals surface area contributed by atoms with Gasteiger partial charge in [-0.25, -0.2) is 0 Å². The van der Waals surface area contributed by atoms with Crippen molar-refractivity contribution in [3.05, 3.63) is 40.3 Å². The van der Waals surface area contributed by atoms with Gasteiger partial charge in [0.05, 0.1) is 45.1 Å². The van der Waals surface area contributed by atoms with Gasteiger partial charge in [-0.3, -0.25) is 14.6 Å². The molecule has 4 rings (SSSR count). The van der Waals surface area contributed by atoms with Crippen LogP contribution >= 0.6 is 11.3 Å². The highest BCUT2D eigenvalue weighted by molar-refractivity contribution is 7.10. The monoisotopic (exact) mass is 432 g/mol. The number of aromatic nitrogens is 2. The highest BCUT2D eigenvalue weighted by Crippen LogP contribution is 2.27. The summed E-state index contributed by atoms with van der Waals surface area (Å²) in [7, 11) is 1.94. The number of rotatable bonds is 6. The molecule has 0 aliphatic carbocycles. The fourth-order valence-corrected chi connectivity index (χ4v) is 4.86. The fourth-order valence-electron chi connectivity index (χ4n) is 4.00. The Balaban J connectivity index is 1.48. The van der Waals surface area contributed by atoms with Crippen molar-refractivity contribution in [1.82, 2.24) is 24.9 Å². The zero-order chi connectivity index (χ0) is 20.8. The minimum Gasteiger partial charge on any atom is -0.379 e. The molecule has 0 amide bonds. The first kappa shape index (κ1) is 21.3. The number of guanidine groups is 1. The Morgan fingerprint density at radius 3 is 2.90 bits per heavy atom. The highest BCUT2D eigenvalue weighted by Gasteiger charge is 2.27. The number of nitrogens with one attached hydrogen (secondary N) is 1. The number of nitrogens with zero attached hydrogens (tertiary/aromatic N) is 5. The third-order valence-corrected chi connectivity index (χ3v) is 6.54. The SMILES string of the molecule is CCNC(=NCC(c1cccs1)N1CCOCC1)N1CCOC(c2cnn(C)c2)C1. The van der Waals surface area contributed by atoms with Gasteiger partial charge >= 0.3 is 0 Å². The fraction of sp³-hybridized carbons (Fsp3) is 0.619. The Kier molecular flexibility index (Phi) is 7.37. The van der Waals surface area contributed by atoms with Gasteiger partial charge in [0.15, 0.2) is 5.96 Å². The van der Waals surface area contributed by atoms with Gasteiger partial charge in [0, 0.05) is 49.9 Å². The van der Waals surface area contributed by atoms with Crippen LogP contribution in [0, 0.1) is 0 Å². The first-order valence-electron chi connectivity index (χ1n) is 10.7. The molecule has 2 fully saturated rings. The van der Waals surface area contributed by atoms with Gasteiger partial charge in [0.2, 0.25) is 0 Å². The molecular weight excluding hydrogens is 400 g/mol. The normalized spacial score (nSPS) is 22.3. The van der Waals surface area contributed by atoms with Crippen LogP contribution in [0.15, 0.2) is 34.9 Å². The van der Waals surface area contributed by atoms with E-state index in [1.165, 1.54) is 4.88 Å². The smallest absolute Gasteiger partial charge is 0.194 e. The molecule has 2 unspecified atom stereocenters. The van der Waals surface area contributed by atoms with Crippen LogP contribution < -0.4 is 5.32 Å². The van der Waals surface area contributed by atoms with Gasteiger partial charge in [0.25, 0.3) is 0 Å². The predicted octanol–water partition coefficient (Wildman–Crippen LogP) is 1.89. The summed E-state index contributed by atoms with van der Waals surface area (Å²) < 4.78 is 13.4. The molecule has 2 aromatic rings. The quantitative estimate of drug-likeness (QED) is 0.556. The molecule has 2 aliphatic rings. The summed E-state index contributed by atoms with van der Waals surface area (Å²) in [5.41, 5.74) is 1.11. The Bertz CT molecular complexity index is 802. The molecule has 2 aromatic heterocycles. The molecule has 30 heavy (non-hydrogen) atoms. The van der Waals surface area contributed by atoms with Gasteiger partial charge in [-0.1, -0.05) is 6.07 Å². The van der Waals surface area contributed by atoms with E-state index in [0.717, 1.165) is 64.0 Å². The van der Waals surface area contributed by atoms with Gasteiger partial charge < -0.3 is 19.7 Å². The lowest BCUT2D eigenvalue weighted by atomic mass is 10.1. The molecule has 1 N–H and O–H groups in total. The highest BCUT2D eigenvalue weighted by atomic mass is 32.1. The zero-order valence-electron chi connectivity index (χ0n) is 17.9. The van der Waals surface area contributed by atoms with E-state index in [1.807, 2.05) is 35.5 Å². The molecule has 0 aromatic carbocycles. The minimum absolute atomic E-state index is 0.0173. The summed E-state index contributed by atoms with van der Waals surface area (Å²) in [4.78, 5) is 11.3. The van der Waals surface area contributed by atoms with Gasteiger partial charge in [-0.2, -0.15) is 5.10 Å². The molecule has 2 saturated heterocycles. The lowest BCUT2D eigenvalue weighted by molar-refractivity contribution is -0.00822. The molecule has 164 valence electrons. The van der Waals surface area contributed by atoms with Crippen molar-refractivity contribution in [2.75, 3.05) is 59.1 Å². The van der Waals surface area contributed by atoms with Crippen LogP contribution in [0.5, 0.6) is 0 Å². The van der Waals surface area contributed by atoms with Crippen molar-refractivity contribution in [3.8, 4) is 0 Å². The van der Waals surface area contributed by atoms with Crippen molar-refractivity contribution in [1.29, 1.82) is 0 Å². The molecule has 8 nitrogen and oxygen atoms in total. The van der Waals surface area contributed by atoms with Crippen LogP contribution in [0.3, 0.4) is 0 Å². The Morgan fingerprint density at radius 2 is 2.20 bits per heavy atom. The second-order valence-electron chi connectivity index (χ2n) is 7.63. The van der Waals surface area contributed by atoms with Gasteiger partial charge in [0.1, 0.15) is 6.10 Å². The molecule has 4 heterocycles. The maximum absolute atomic E-state index is 6.02. The van der Waals surface area contributed by atoms with Crippen LogP contribution in [-0.2, 0) is 16.5 Å². The lowest BCUT2D eigenvalue weighted by Crippen LogP contribution is -2.48. The number of aryl methyl sites for hydroxylation is 1. The van der Waals surface area contributed by atoms with Crippen molar-refractivity contribution >= 4 is 17.3 Å². The summed E-state index contributed by atoms with van der Waals surface area (Å²) in [6, 6.07) is 4.64. The maximum atomic E-state index is 6.02. The first-order chi connectivity index (χ1) is 14.7. The number of hydrogen-bond acceptors (Lipinski definition) is 6. The van der Waals surface area contributed by atoms with Gasteiger partial charge in [-0.05, 0) is 18.4 Å². The number of morpholine rings is 2. The summed E-state index contributed by atoms with van der Waals surface area (Å²) in [5.74, 6) is 0.963. The number of aliphatic imine (C=N–C) groups is 1. The summed E-state index contributed by atoms with van der Waals surface area (Å²) in [6.45, 7) is 9.48. The predicted molar refractivity (Wildman–Crippen MR) is 119 cm³/mol. The zero-order valence-corrected chi connectivity index (χ0v) is 18.7. The Hall–Kier alpha value is -1.94. The lowest BCUT2D eigenvalue weighted by Gasteiger charge is -2.36. The van der Waals surface area contributed by atoms with E-state index in [1.54, 1.807) is 0 Å². The van der Waals surface area contributed by atoms with Crippen LogP contribution in [0.1, 0.15) is 29.5 Å². The third-order valence-electron chi connectivity index (χ3n) is 5.57. The third kappa shape index (κ3) is 5.21. The van der Waals surface area contributed by atoms with Crippen LogP contribution in [0.4, 0.5) is 0 Å². The molecule has 0 saturated carbocycles. The minimum atomic E-state index is 0.0173. The van der Waals surface area contributed by atoms with E-state index < -0.39 is 0 Å². The van der Waals surface area contributed by atoms with Crippen molar-refractivity contribution in [3.63, 3.8) is 0 Å². The van der Waals surface area contributed by atoms with E-state index in [9.17, 15) is 0 Å². The second-order valence-corrected chi connectivity index (χ2v) is 8.61. The van der Waals surface area contributed by atoms with Crippen LogP contribution in [0.2, 0.25) is 0 Å². The van der Waals surface area contributed by atoms with E-state index >= 15 is 0 Å². The number of hydrogen-bond donors (Lipinski definition) is 1. The Labute approximate surface area is 182 Å². The second kappa shape index (κ2) is 10.4.